The minimum atomic E-state index is -0.161. The van der Waals surface area contributed by atoms with Gasteiger partial charge in [-0.3, -0.25) is 9.59 Å². The molecule has 2 N–H and O–H groups in total. The van der Waals surface area contributed by atoms with Crippen LogP contribution in [0.15, 0.2) is 54.6 Å². The second-order valence-corrected chi connectivity index (χ2v) is 6.35. The number of nitrogens with one attached hydrogen (secondary N) is 2. The van der Waals surface area contributed by atoms with E-state index in [1.165, 1.54) is 5.56 Å². The van der Waals surface area contributed by atoms with Crippen molar-refractivity contribution in [3.05, 3.63) is 65.7 Å². The number of hydrogen-bond acceptors (Lipinski definition) is 2. The molecule has 4 nitrogen and oxygen atoms in total. The number of anilines is 1. The number of para-hydroxylation sites is 1. The summed E-state index contributed by atoms with van der Waals surface area (Å²) in [5, 5.41) is 5.82. The Hall–Kier alpha value is -2.62. The molecule has 1 aliphatic carbocycles. The van der Waals surface area contributed by atoms with Gasteiger partial charge in [0.15, 0.2) is 0 Å². The smallest absolute Gasteiger partial charge is 0.253 e. The molecule has 0 bridgehead atoms. The molecule has 2 aromatic carbocycles. The van der Waals surface area contributed by atoms with E-state index in [1.54, 1.807) is 12.1 Å². The zero-order valence-electron chi connectivity index (χ0n) is 13.8. The van der Waals surface area contributed by atoms with E-state index in [2.05, 4.69) is 17.6 Å². The van der Waals surface area contributed by atoms with Crippen molar-refractivity contribution in [3.8, 4) is 0 Å². The molecule has 124 valence electrons. The van der Waals surface area contributed by atoms with Gasteiger partial charge in [-0.15, -0.1) is 0 Å². The molecule has 2 aromatic rings. The molecule has 4 heteroatoms. The third-order valence-corrected chi connectivity index (χ3v) is 4.42. The summed E-state index contributed by atoms with van der Waals surface area (Å²) in [7, 11) is 0. The molecule has 0 aliphatic heterocycles. The van der Waals surface area contributed by atoms with Crippen molar-refractivity contribution in [2.75, 3.05) is 11.9 Å². The molecule has 1 fully saturated rings. The predicted molar refractivity (Wildman–Crippen MR) is 94.8 cm³/mol. The average Bonchev–Trinajstić information content (AvgIpc) is 3.33. The van der Waals surface area contributed by atoms with Gasteiger partial charge in [-0.2, -0.15) is 0 Å². The SMILES string of the molecule is CC1CC1C(=O)Nc1ccccc1C(=O)NCCc1ccccc1. The molecule has 1 saturated carbocycles. The van der Waals surface area contributed by atoms with Crippen molar-refractivity contribution in [3.63, 3.8) is 0 Å². The molecule has 2 amide bonds. The Kier molecular flexibility index (Phi) is 4.94. The molecule has 24 heavy (non-hydrogen) atoms. The summed E-state index contributed by atoms with van der Waals surface area (Å²) in [6, 6.07) is 17.2. The van der Waals surface area contributed by atoms with Crippen molar-refractivity contribution in [1.29, 1.82) is 0 Å². The van der Waals surface area contributed by atoms with Crippen LogP contribution in [-0.4, -0.2) is 18.4 Å². The maximum absolute atomic E-state index is 12.4. The monoisotopic (exact) mass is 322 g/mol. The zero-order valence-corrected chi connectivity index (χ0v) is 13.8. The molecule has 1 aliphatic rings. The quantitative estimate of drug-likeness (QED) is 0.857. The molecule has 0 radical (unpaired) electrons. The van der Waals surface area contributed by atoms with Crippen LogP contribution in [-0.2, 0) is 11.2 Å². The fourth-order valence-electron chi connectivity index (χ4n) is 2.76. The second kappa shape index (κ2) is 7.30. The number of rotatable bonds is 6. The summed E-state index contributed by atoms with van der Waals surface area (Å²) >= 11 is 0. The fourth-order valence-corrected chi connectivity index (χ4v) is 2.76. The molecule has 0 saturated heterocycles. The van der Waals surface area contributed by atoms with Crippen molar-refractivity contribution >= 4 is 17.5 Å². The number of carbonyl (C=O) groups excluding carboxylic acids is 2. The van der Waals surface area contributed by atoms with Crippen LogP contribution in [0.1, 0.15) is 29.3 Å². The van der Waals surface area contributed by atoms with Crippen molar-refractivity contribution < 1.29 is 9.59 Å². The highest BCUT2D eigenvalue weighted by Crippen LogP contribution is 2.38. The average molecular weight is 322 g/mol. The number of amides is 2. The molecular weight excluding hydrogens is 300 g/mol. The predicted octanol–water partition coefficient (Wildman–Crippen LogP) is 3.25. The van der Waals surface area contributed by atoms with E-state index >= 15 is 0 Å². The molecule has 0 heterocycles. The molecule has 3 rings (SSSR count). The molecular formula is C20H22N2O2. The van der Waals surface area contributed by atoms with Crippen LogP contribution in [0.5, 0.6) is 0 Å². The van der Waals surface area contributed by atoms with Crippen LogP contribution in [0, 0.1) is 11.8 Å². The van der Waals surface area contributed by atoms with Gasteiger partial charge in [0.1, 0.15) is 0 Å². The van der Waals surface area contributed by atoms with Crippen LogP contribution >= 0.6 is 0 Å². The summed E-state index contributed by atoms with van der Waals surface area (Å²) < 4.78 is 0. The van der Waals surface area contributed by atoms with Gasteiger partial charge in [0.05, 0.1) is 11.3 Å². The number of carbonyl (C=O) groups is 2. The largest absolute Gasteiger partial charge is 0.352 e. The lowest BCUT2D eigenvalue weighted by Crippen LogP contribution is -2.27. The van der Waals surface area contributed by atoms with Crippen molar-refractivity contribution in [2.45, 2.75) is 19.8 Å². The third-order valence-electron chi connectivity index (χ3n) is 4.42. The third kappa shape index (κ3) is 4.02. The first-order valence-corrected chi connectivity index (χ1v) is 8.37. The van der Waals surface area contributed by atoms with Gasteiger partial charge in [-0.05, 0) is 36.5 Å². The summed E-state index contributed by atoms with van der Waals surface area (Å²) in [6.45, 7) is 2.62. The van der Waals surface area contributed by atoms with Crippen LogP contribution in [0.4, 0.5) is 5.69 Å². The van der Waals surface area contributed by atoms with E-state index in [1.807, 2.05) is 42.5 Å². The Morgan fingerprint density at radius 2 is 1.71 bits per heavy atom. The lowest BCUT2D eigenvalue weighted by Gasteiger charge is -2.11. The Labute approximate surface area is 142 Å². The van der Waals surface area contributed by atoms with Gasteiger partial charge in [-0.25, -0.2) is 0 Å². The first-order chi connectivity index (χ1) is 11.6. The van der Waals surface area contributed by atoms with Crippen molar-refractivity contribution in [1.82, 2.24) is 5.32 Å². The second-order valence-electron chi connectivity index (χ2n) is 6.35. The summed E-state index contributed by atoms with van der Waals surface area (Å²) in [6.07, 6.45) is 1.71. The number of hydrogen-bond donors (Lipinski definition) is 2. The van der Waals surface area contributed by atoms with Gasteiger partial charge < -0.3 is 10.6 Å². The van der Waals surface area contributed by atoms with Gasteiger partial charge in [0.25, 0.3) is 5.91 Å². The van der Waals surface area contributed by atoms with Crippen LogP contribution in [0.25, 0.3) is 0 Å². The van der Waals surface area contributed by atoms with Crippen molar-refractivity contribution in [2.24, 2.45) is 11.8 Å². The topological polar surface area (TPSA) is 58.2 Å². The maximum atomic E-state index is 12.4. The van der Waals surface area contributed by atoms with E-state index in [0.717, 1.165) is 12.8 Å². The highest BCUT2D eigenvalue weighted by atomic mass is 16.2. The number of benzene rings is 2. The standard InChI is InChI=1S/C20H22N2O2/c1-14-13-17(14)20(24)22-18-10-6-5-9-16(18)19(23)21-12-11-15-7-3-2-4-8-15/h2-10,14,17H,11-13H2,1H3,(H,21,23)(H,22,24). The molecule has 0 aromatic heterocycles. The van der Waals surface area contributed by atoms with E-state index in [4.69, 9.17) is 0 Å². The minimum absolute atomic E-state index is 0.00651. The Balaban J connectivity index is 1.59. The Bertz CT molecular complexity index is 727. The van der Waals surface area contributed by atoms with E-state index in [9.17, 15) is 9.59 Å². The fraction of sp³-hybridized carbons (Fsp3) is 0.300. The normalized spacial score (nSPS) is 18.7. The highest BCUT2D eigenvalue weighted by molar-refractivity contribution is 6.04. The lowest BCUT2D eigenvalue weighted by molar-refractivity contribution is -0.117. The Morgan fingerprint density at radius 1 is 1.04 bits per heavy atom. The van der Waals surface area contributed by atoms with Gasteiger partial charge in [-0.1, -0.05) is 49.4 Å². The van der Waals surface area contributed by atoms with Crippen LogP contribution in [0.3, 0.4) is 0 Å². The van der Waals surface area contributed by atoms with E-state index < -0.39 is 0 Å². The first-order valence-electron chi connectivity index (χ1n) is 8.37. The Morgan fingerprint density at radius 3 is 2.42 bits per heavy atom. The molecule has 2 unspecified atom stereocenters. The zero-order chi connectivity index (χ0) is 16.9. The van der Waals surface area contributed by atoms with Crippen LogP contribution < -0.4 is 10.6 Å². The minimum Gasteiger partial charge on any atom is -0.352 e. The van der Waals surface area contributed by atoms with Gasteiger partial charge in [0, 0.05) is 12.5 Å². The summed E-state index contributed by atoms with van der Waals surface area (Å²) in [4.78, 5) is 24.5. The maximum Gasteiger partial charge on any atom is 0.253 e. The van der Waals surface area contributed by atoms with Gasteiger partial charge >= 0.3 is 0 Å². The lowest BCUT2D eigenvalue weighted by atomic mass is 10.1. The molecule has 2 atom stereocenters. The molecule has 0 spiro atoms. The first kappa shape index (κ1) is 16.2. The highest BCUT2D eigenvalue weighted by Gasteiger charge is 2.39. The van der Waals surface area contributed by atoms with E-state index in [0.29, 0.717) is 23.7 Å². The summed E-state index contributed by atoms with van der Waals surface area (Å²) in [5.74, 6) is 0.369. The van der Waals surface area contributed by atoms with E-state index in [-0.39, 0.29) is 17.7 Å². The summed E-state index contributed by atoms with van der Waals surface area (Å²) in [5.41, 5.74) is 2.27. The van der Waals surface area contributed by atoms with Crippen LogP contribution in [0.2, 0.25) is 0 Å². The van der Waals surface area contributed by atoms with Gasteiger partial charge in [0.2, 0.25) is 5.91 Å².